The van der Waals surface area contributed by atoms with Crippen molar-refractivity contribution in [1.82, 2.24) is 4.90 Å². The van der Waals surface area contributed by atoms with Crippen molar-refractivity contribution in [2.24, 2.45) is 0 Å². The van der Waals surface area contributed by atoms with Crippen LogP contribution in [-0.4, -0.2) is 27.3 Å². The number of fused-ring (bicyclic) bond motifs is 2. The molecule has 2 aromatic carbocycles. The van der Waals surface area contributed by atoms with Crippen molar-refractivity contribution in [1.29, 1.82) is 0 Å². The van der Waals surface area contributed by atoms with Crippen molar-refractivity contribution in [2.75, 3.05) is 6.61 Å². The molecule has 4 nitrogen and oxygen atoms in total. The molecule has 5 heteroatoms. The van der Waals surface area contributed by atoms with Gasteiger partial charge in [0.1, 0.15) is 5.72 Å². The van der Waals surface area contributed by atoms with Crippen LogP contribution in [0.5, 0.6) is 0 Å². The molecule has 3 aliphatic rings. The van der Waals surface area contributed by atoms with E-state index < -0.39 is 16.5 Å². The lowest BCUT2D eigenvalue weighted by molar-refractivity contribution is -0.154. The number of amides is 1. The fraction of sp³-hybridized carbons (Fsp3) is 0.400. The van der Waals surface area contributed by atoms with E-state index in [2.05, 4.69) is 0 Å². The molecule has 1 unspecified atom stereocenters. The molecular weight excluding hydrogens is 394 g/mol. The minimum atomic E-state index is -1.35. The number of nitrogens with zero attached hydrogens (tertiary/aromatic N) is 1. The van der Waals surface area contributed by atoms with Crippen LogP contribution in [0.4, 0.5) is 0 Å². The third-order valence-electron chi connectivity index (χ3n) is 6.66. The molecule has 1 saturated heterocycles. The highest BCUT2D eigenvalue weighted by Crippen LogP contribution is 2.49. The van der Waals surface area contributed by atoms with E-state index in [1.165, 1.54) is 6.42 Å². The molecule has 0 radical (unpaired) electrons. The number of carbonyl (C=O) groups is 1. The van der Waals surface area contributed by atoms with Gasteiger partial charge in [0.15, 0.2) is 0 Å². The Kier molecular flexibility index (Phi) is 5.11. The number of ether oxygens (including phenoxy) is 1. The van der Waals surface area contributed by atoms with E-state index in [4.69, 9.17) is 4.74 Å². The summed E-state index contributed by atoms with van der Waals surface area (Å²) in [5.41, 5.74) is 2.48. The lowest BCUT2D eigenvalue weighted by atomic mass is 9.86. The van der Waals surface area contributed by atoms with Gasteiger partial charge in [-0.15, -0.1) is 0 Å². The summed E-state index contributed by atoms with van der Waals surface area (Å²) in [6.07, 6.45) is 5.38. The minimum absolute atomic E-state index is 0.0999. The zero-order valence-corrected chi connectivity index (χ0v) is 18.1. The maximum Gasteiger partial charge on any atom is 0.230 e. The van der Waals surface area contributed by atoms with Crippen LogP contribution in [0.15, 0.2) is 70.1 Å². The van der Waals surface area contributed by atoms with Crippen molar-refractivity contribution in [3.8, 4) is 0 Å². The molecule has 0 N–H and O–H groups in total. The molecule has 30 heavy (non-hydrogen) atoms. The van der Waals surface area contributed by atoms with Crippen molar-refractivity contribution < 1.29 is 13.7 Å². The summed E-state index contributed by atoms with van der Waals surface area (Å²) >= 11 is 0. The van der Waals surface area contributed by atoms with E-state index in [9.17, 15) is 9.00 Å². The fourth-order valence-electron chi connectivity index (χ4n) is 5.15. The quantitative estimate of drug-likeness (QED) is 0.699. The number of rotatable bonds is 3. The van der Waals surface area contributed by atoms with Gasteiger partial charge in [-0.3, -0.25) is 9.69 Å². The van der Waals surface area contributed by atoms with Crippen molar-refractivity contribution >= 4 is 16.7 Å². The molecule has 5 rings (SSSR count). The van der Waals surface area contributed by atoms with Crippen LogP contribution >= 0.6 is 0 Å². The van der Waals surface area contributed by atoms with Crippen LogP contribution in [0.3, 0.4) is 0 Å². The average Bonchev–Trinajstić information content (AvgIpc) is 3.14. The van der Waals surface area contributed by atoms with E-state index in [1.807, 2.05) is 66.4 Å². The third-order valence-corrected chi connectivity index (χ3v) is 8.28. The van der Waals surface area contributed by atoms with Crippen LogP contribution in [0.1, 0.15) is 55.6 Å². The Morgan fingerprint density at radius 2 is 1.70 bits per heavy atom. The van der Waals surface area contributed by atoms with Crippen molar-refractivity contribution in [3.63, 3.8) is 0 Å². The Morgan fingerprint density at radius 1 is 1.00 bits per heavy atom. The van der Waals surface area contributed by atoms with Crippen LogP contribution in [-0.2, 0) is 20.3 Å². The highest BCUT2D eigenvalue weighted by atomic mass is 32.2. The van der Waals surface area contributed by atoms with Gasteiger partial charge < -0.3 is 4.74 Å². The second-order valence-electron chi connectivity index (χ2n) is 8.58. The topological polar surface area (TPSA) is 46.6 Å². The first-order valence-electron chi connectivity index (χ1n) is 10.8. The lowest BCUT2D eigenvalue weighted by Crippen LogP contribution is -2.51. The Bertz CT molecular complexity index is 1010. The summed E-state index contributed by atoms with van der Waals surface area (Å²) in [7, 11) is -1.35. The van der Waals surface area contributed by atoms with Crippen LogP contribution in [0.25, 0.3) is 0 Å². The fourth-order valence-corrected chi connectivity index (χ4v) is 6.63. The normalized spacial score (nSPS) is 24.2. The molecule has 2 heterocycles. The maximum absolute atomic E-state index is 13.9. The van der Waals surface area contributed by atoms with Crippen molar-refractivity contribution in [2.45, 2.75) is 62.0 Å². The number of carbonyl (C=O) groups excluding carboxylic acids is 1. The second kappa shape index (κ2) is 7.78. The van der Waals surface area contributed by atoms with Gasteiger partial charge in [0.2, 0.25) is 5.91 Å². The van der Waals surface area contributed by atoms with E-state index in [1.54, 1.807) is 0 Å². The van der Waals surface area contributed by atoms with Gasteiger partial charge in [0.25, 0.3) is 0 Å². The summed E-state index contributed by atoms with van der Waals surface area (Å²) < 4.78 is 20.2. The summed E-state index contributed by atoms with van der Waals surface area (Å²) in [4.78, 5) is 16.9. The lowest BCUT2D eigenvalue weighted by Gasteiger charge is -2.43. The standard InChI is InChI=1S/C25H27NO3S/c1-18-10-12-20(13-11-18)30(28)24-21(19-8-4-2-5-9-19)16-23(27)26-22(24)17-29-25(26)14-6-3-7-15-25/h2,4-5,8-13,21H,3,6-7,14-17H2,1H3/t21-,30?/m0/s1. The van der Waals surface area contributed by atoms with E-state index in [-0.39, 0.29) is 11.8 Å². The highest BCUT2D eigenvalue weighted by molar-refractivity contribution is 7.89. The van der Waals surface area contributed by atoms with Crippen molar-refractivity contribution in [3.05, 3.63) is 76.3 Å². The highest BCUT2D eigenvalue weighted by Gasteiger charge is 2.52. The molecule has 1 aliphatic carbocycles. The van der Waals surface area contributed by atoms with E-state index in [0.717, 1.165) is 52.3 Å². The number of benzene rings is 2. The Labute approximate surface area is 180 Å². The predicted octanol–water partition coefficient (Wildman–Crippen LogP) is 5.02. The molecule has 156 valence electrons. The number of hydrogen-bond donors (Lipinski definition) is 0. The molecule has 1 amide bonds. The predicted molar refractivity (Wildman–Crippen MR) is 117 cm³/mol. The molecule has 1 saturated carbocycles. The molecule has 1 spiro atoms. The first-order valence-corrected chi connectivity index (χ1v) is 12.0. The average molecular weight is 422 g/mol. The summed E-state index contributed by atoms with van der Waals surface area (Å²) in [5, 5.41) is 0. The molecule has 2 fully saturated rings. The minimum Gasteiger partial charge on any atom is -0.349 e. The van der Waals surface area contributed by atoms with Crippen LogP contribution in [0, 0.1) is 6.92 Å². The smallest absolute Gasteiger partial charge is 0.230 e. The Hall–Kier alpha value is -2.24. The molecular formula is C25H27NO3S. The maximum atomic E-state index is 13.9. The van der Waals surface area contributed by atoms with Gasteiger partial charge >= 0.3 is 0 Å². The first-order chi connectivity index (χ1) is 14.6. The summed E-state index contributed by atoms with van der Waals surface area (Å²) in [6.45, 7) is 2.39. The van der Waals surface area contributed by atoms with Crippen LogP contribution < -0.4 is 0 Å². The molecule has 2 atom stereocenters. The van der Waals surface area contributed by atoms with E-state index >= 15 is 0 Å². The van der Waals surface area contributed by atoms with Crippen LogP contribution in [0.2, 0.25) is 0 Å². The molecule has 0 aromatic heterocycles. The Morgan fingerprint density at radius 3 is 2.40 bits per heavy atom. The molecule has 2 aliphatic heterocycles. The third kappa shape index (κ3) is 3.25. The zero-order chi connectivity index (χ0) is 20.7. The van der Waals surface area contributed by atoms with Gasteiger partial charge in [0, 0.05) is 17.2 Å². The number of allylic oxidation sites excluding steroid dienone is 1. The van der Waals surface area contributed by atoms with E-state index in [0.29, 0.717) is 13.0 Å². The van der Waals surface area contributed by atoms with Gasteiger partial charge in [-0.2, -0.15) is 0 Å². The monoisotopic (exact) mass is 421 g/mol. The van der Waals surface area contributed by atoms with Gasteiger partial charge in [-0.25, -0.2) is 4.21 Å². The second-order valence-corrected chi connectivity index (χ2v) is 10.0. The summed E-state index contributed by atoms with van der Waals surface area (Å²) in [6, 6.07) is 17.9. The number of aryl methyl sites for hydroxylation is 1. The summed E-state index contributed by atoms with van der Waals surface area (Å²) in [5.74, 6) is -0.0858. The largest absolute Gasteiger partial charge is 0.349 e. The first kappa shape index (κ1) is 19.7. The zero-order valence-electron chi connectivity index (χ0n) is 17.3. The SMILES string of the molecule is Cc1ccc(S(=O)C2=C3COC4(CCCCC4)N3C(=O)C[C@H]2c2ccccc2)cc1. The van der Waals surface area contributed by atoms with Gasteiger partial charge in [-0.05, 0) is 50.3 Å². The van der Waals surface area contributed by atoms with Gasteiger partial charge in [-0.1, -0.05) is 54.4 Å². The van der Waals surface area contributed by atoms with Gasteiger partial charge in [0.05, 0.1) is 28.0 Å². The molecule has 2 aromatic rings. The number of hydrogen-bond acceptors (Lipinski definition) is 3. The Balaban J connectivity index is 1.65. The molecule has 0 bridgehead atoms.